The summed E-state index contributed by atoms with van der Waals surface area (Å²) in [6, 6.07) is 0. The van der Waals surface area contributed by atoms with Gasteiger partial charge in [0, 0.05) is 13.2 Å². The second kappa shape index (κ2) is 16.5. The van der Waals surface area contributed by atoms with Gasteiger partial charge in [-0.05, 0) is 44.9 Å². The molecule has 0 N–H and O–H groups in total. The first-order chi connectivity index (χ1) is 9.85. The lowest BCUT2D eigenvalue weighted by Gasteiger charge is -2.17. The molecule has 0 aliphatic rings. The molecule has 0 aromatic carbocycles. The van der Waals surface area contributed by atoms with Gasteiger partial charge in [-0.3, -0.25) is 0 Å². The van der Waals surface area contributed by atoms with Gasteiger partial charge in [0.25, 0.3) is 0 Å². The van der Waals surface area contributed by atoms with Crippen molar-refractivity contribution in [1.82, 2.24) is 0 Å². The number of rotatable bonds is 14. The van der Waals surface area contributed by atoms with Crippen molar-refractivity contribution < 1.29 is 9.47 Å². The van der Waals surface area contributed by atoms with E-state index in [0.717, 1.165) is 38.9 Å². The quantitative estimate of drug-likeness (QED) is 0.233. The topological polar surface area (TPSA) is 18.5 Å². The van der Waals surface area contributed by atoms with Crippen molar-refractivity contribution in [2.45, 2.75) is 78.4 Å². The Hall–Kier alpha value is -0.600. The minimum Gasteiger partial charge on any atom is -0.353 e. The van der Waals surface area contributed by atoms with Crippen LogP contribution in [0.1, 0.15) is 72.1 Å². The molecule has 0 aliphatic carbocycles. The molecule has 0 aliphatic heterocycles. The Balaban J connectivity index is 3.56. The molecular weight excluding hydrogens is 248 g/mol. The Kier molecular flexibility index (Phi) is 16.0. The van der Waals surface area contributed by atoms with Crippen molar-refractivity contribution in [3.63, 3.8) is 0 Å². The Bertz CT molecular complexity index is 226. The number of hydrogen-bond acceptors (Lipinski definition) is 2. The SMILES string of the molecule is CCC=CC=CCCCCCC(OCCC)OCCC. The standard InChI is InChI=1S/C18H34O2/c1-4-7-8-9-10-11-12-13-14-15-18(19-16-5-2)20-17-6-3/h7-10,18H,4-6,11-17H2,1-3H3. The van der Waals surface area contributed by atoms with E-state index in [1.54, 1.807) is 0 Å². The number of allylic oxidation sites excluding steroid dienone is 4. The van der Waals surface area contributed by atoms with Crippen LogP contribution in [0, 0.1) is 0 Å². The Morgan fingerprint density at radius 3 is 2.05 bits per heavy atom. The maximum atomic E-state index is 5.72. The van der Waals surface area contributed by atoms with Crippen LogP contribution in [0.4, 0.5) is 0 Å². The van der Waals surface area contributed by atoms with Gasteiger partial charge in [0.2, 0.25) is 0 Å². The highest BCUT2D eigenvalue weighted by molar-refractivity contribution is 5.01. The molecular formula is C18H34O2. The fourth-order valence-corrected chi connectivity index (χ4v) is 1.85. The lowest BCUT2D eigenvalue weighted by atomic mass is 10.1. The van der Waals surface area contributed by atoms with Crippen LogP contribution < -0.4 is 0 Å². The smallest absolute Gasteiger partial charge is 0.157 e. The highest BCUT2D eigenvalue weighted by atomic mass is 16.7. The van der Waals surface area contributed by atoms with E-state index in [9.17, 15) is 0 Å². The molecule has 118 valence electrons. The van der Waals surface area contributed by atoms with E-state index >= 15 is 0 Å². The minimum absolute atomic E-state index is 0.0120. The average Bonchev–Trinajstić information content (AvgIpc) is 2.47. The zero-order chi connectivity index (χ0) is 14.9. The van der Waals surface area contributed by atoms with Crippen LogP contribution in [0.15, 0.2) is 24.3 Å². The van der Waals surface area contributed by atoms with Gasteiger partial charge in [-0.25, -0.2) is 0 Å². The van der Waals surface area contributed by atoms with Crippen molar-refractivity contribution in [3.8, 4) is 0 Å². The summed E-state index contributed by atoms with van der Waals surface area (Å²) in [5.41, 5.74) is 0. The lowest BCUT2D eigenvalue weighted by Crippen LogP contribution is -2.18. The summed E-state index contributed by atoms with van der Waals surface area (Å²) in [7, 11) is 0. The Morgan fingerprint density at radius 2 is 1.45 bits per heavy atom. The van der Waals surface area contributed by atoms with Gasteiger partial charge in [-0.1, -0.05) is 51.5 Å². The number of unbranched alkanes of at least 4 members (excludes halogenated alkanes) is 3. The molecule has 0 saturated carbocycles. The zero-order valence-electron chi connectivity index (χ0n) is 13.8. The van der Waals surface area contributed by atoms with Crippen LogP contribution in [0.3, 0.4) is 0 Å². The van der Waals surface area contributed by atoms with Crippen molar-refractivity contribution in [2.24, 2.45) is 0 Å². The molecule has 0 saturated heterocycles. The maximum absolute atomic E-state index is 5.72. The van der Waals surface area contributed by atoms with Crippen molar-refractivity contribution in [1.29, 1.82) is 0 Å². The van der Waals surface area contributed by atoms with Crippen LogP contribution >= 0.6 is 0 Å². The van der Waals surface area contributed by atoms with Crippen LogP contribution in [0.25, 0.3) is 0 Å². The molecule has 2 nitrogen and oxygen atoms in total. The highest BCUT2D eigenvalue weighted by Crippen LogP contribution is 2.11. The van der Waals surface area contributed by atoms with Gasteiger partial charge in [0.05, 0.1) is 0 Å². The van der Waals surface area contributed by atoms with Gasteiger partial charge in [0.15, 0.2) is 6.29 Å². The predicted molar refractivity (Wildman–Crippen MR) is 87.9 cm³/mol. The number of ether oxygens (including phenoxy) is 2. The zero-order valence-corrected chi connectivity index (χ0v) is 13.8. The molecule has 2 heteroatoms. The summed E-state index contributed by atoms with van der Waals surface area (Å²) >= 11 is 0. The molecule has 0 bridgehead atoms. The lowest BCUT2D eigenvalue weighted by molar-refractivity contribution is -0.146. The van der Waals surface area contributed by atoms with E-state index in [2.05, 4.69) is 45.1 Å². The van der Waals surface area contributed by atoms with Gasteiger partial charge in [0.1, 0.15) is 0 Å². The molecule has 0 aromatic rings. The van der Waals surface area contributed by atoms with Crippen LogP contribution in [-0.4, -0.2) is 19.5 Å². The normalized spacial score (nSPS) is 12.2. The molecule has 20 heavy (non-hydrogen) atoms. The Labute approximate surface area is 126 Å². The summed E-state index contributed by atoms with van der Waals surface area (Å²) < 4.78 is 11.4. The molecule has 0 atom stereocenters. The van der Waals surface area contributed by atoms with Gasteiger partial charge in [-0.2, -0.15) is 0 Å². The molecule has 0 spiro atoms. The van der Waals surface area contributed by atoms with Crippen molar-refractivity contribution in [3.05, 3.63) is 24.3 Å². The maximum Gasteiger partial charge on any atom is 0.157 e. The van der Waals surface area contributed by atoms with E-state index in [0.29, 0.717) is 0 Å². The third kappa shape index (κ3) is 13.8. The van der Waals surface area contributed by atoms with Crippen molar-refractivity contribution >= 4 is 0 Å². The summed E-state index contributed by atoms with van der Waals surface area (Å²) in [5, 5.41) is 0. The molecule has 0 amide bonds. The first-order valence-electron chi connectivity index (χ1n) is 8.39. The largest absolute Gasteiger partial charge is 0.353 e. The van der Waals surface area contributed by atoms with E-state index in [1.807, 2.05) is 0 Å². The second-order valence-electron chi connectivity index (χ2n) is 5.07. The summed E-state index contributed by atoms with van der Waals surface area (Å²) in [4.78, 5) is 0. The van der Waals surface area contributed by atoms with E-state index in [1.165, 1.54) is 25.7 Å². The predicted octanol–water partition coefficient (Wildman–Crippen LogP) is 5.64. The average molecular weight is 282 g/mol. The first-order valence-corrected chi connectivity index (χ1v) is 8.39. The van der Waals surface area contributed by atoms with E-state index < -0.39 is 0 Å². The highest BCUT2D eigenvalue weighted by Gasteiger charge is 2.07. The van der Waals surface area contributed by atoms with E-state index in [4.69, 9.17) is 9.47 Å². The van der Waals surface area contributed by atoms with Crippen LogP contribution in [0.5, 0.6) is 0 Å². The summed E-state index contributed by atoms with van der Waals surface area (Å²) in [6.07, 6.45) is 17.9. The molecule has 0 radical (unpaired) electrons. The third-order valence-electron chi connectivity index (χ3n) is 2.95. The number of hydrogen-bond donors (Lipinski definition) is 0. The molecule has 0 heterocycles. The molecule has 0 rings (SSSR count). The molecule has 0 unspecified atom stereocenters. The summed E-state index contributed by atoms with van der Waals surface area (Å²) in [6.45, 7) is 8.04. The van der Waals surface area contributed by atoms with Crippen LogP contribution in [0.2, 0.25) is 0 Å². The first kappa shape index (κ1) is 19.4. The van der Waals surface area contributed by atoms with Gasteiger partial charge < -0.3 is 9.47 Å². The van der Waals surface area contributed by atoms with Gasteiger partial charge >= 0.3 is 0 Å². The Morgan fingerprint density at radius 1 is 0.800 bits per heavy atom. The third-order valence-corrected chi connectivity index (χ3v) is 2.95. The molecule has 0 fully saturated rings. The fraction of sp³-hybridized carbons (Fsp3) is 0.778. The van der Waals surface area contributed by atoms with E-state index in [-0.39, 0.29) is 6.29 Å². The fourth-order valence-electron chi connectivity index (χ4n) is 1.85. The summed E-state index contributed by atoms with van der Waals surface area (Å²) in [5.74, 6) is 0. The second-order valence-corrected chi connectivity index (χ2v) is 5.07. The monoisotopic (exact) mass is 282 g/mol. The molecule has 0 aromatic heterocycles. The van der Waals surface area contributed by atoms with Gasteiger partial charge in [-0.15, -0.1) is 0 Å². The van der Waals surface area contributed by atoms with Crippen LogP contribution in [-0.2, 0) is 9.47 Å². The minimum atomic E-state index is 0.0120. The van der Waals surface area contributed by atoms with Crippen molar-refractivity contribution in [2.75, 3.05) is 13.2 Å².